The van der Waals surface area contributed by atoms with Crippen LogP contribution < -0.4 is 5.32 Å². The third-order valence-corrected chi connectivity index (χ3v) is 5.38. The summed E-state index contributed by atoms with van der Waals surface area (Å²) in [5.41, 5.74) is 1.67. The van der Waals surface area contributed by atoms with Gasteiger partial charge < -0.3 is 5.32 Å². The van der Waals surface area contributed by atoms with Crippen LogP contribution in [0.1, 0.15) is 23.8 Å². The number of anilines is 1. The van der Waals surface area contributed by atoms with E-state index in [-0.39, 0.29) is 5.91 Å². The molecule has 0 unspecified atom stereocenters. The molecule has 4 rings (SSSR count). The molecule has 1 aromatic carbocycles. The van der Waals surface area contributed by atoms with Crippen molar-refractivity contribution in [3.63, 3.8) is 0 Å². The van der Waals surface area contributed by atoms with Crippen molar-refractivity contribution in [1.82, 2.24) is 20.2 Å². The third kappa shape index (κ3) is 3.85. The van der Waals surface area contributed by atoms with Crippen molar-refractivity contribution in [3.05, 3.63) is 51.1 Å². The molecule has 8 heteroatoms. The van der Waals surface area contributed by atoms with Crippen LogP contribution in [0.5, 0.6) is 0 Å². The number of carbonyl (C=O) groups excluding carboxylic acids is 1. The number of thiophene rings is 1. The Kier molecular flexibility index (Phi) is 4.46. The number of nitrogens with zero attached hydrogens (tertiary/aromatic N) is 4. The van der Waals surface area contributed by atoms with Gasteiger partial charge in [0.1, 0.15) is 0 Å². The minimum atomic E-state index is -0.167. The Morgan fingerprint density at radius 3 is 2.72 bits per heavy atom. The lowest BCUT2D eigenvalue weighted by Gasteiger charge is -2.05. The summed E-state index contributed by atoms with van der Waals surface area (Å²) in [5.74, 6) is 0.601. The Morgan fingerprint density at radius 2 is 2.04 bits per heavy atom. The van der Waals surface area contributed by atoms with E-state index in [1.807, 2.05) is 41.1 Å². The molecular weight excluding hydrogens is 402 g/mol. The first kappa shape index (κ1) is 16.2. The summed E-state index contributed by atoms with van der Waals surface area (Å²) in [6, 6.07) is 11.9. The van der Waals surface area contributed by atoms with Gasteiger partial charge in [-0.3, -0.25) is 4.79 Å². The zero-order chi connectivity index (χ0) is 17.2. The topological polar surface area (TPSA) is 72.7 Å². The Labute approximate surface area is 156 Å². The predicted octanol–water partition coefficient (Wildman–Crippen LogP) is 4.15. The Balaban J connectivity index is 1.42. The molecule has 1 amide bonds. The van der Waals surface area contributed by atoms with E-state index >= 15 is 0 Å². The van der Waals surface area contributed by atoms with Crippen LogP contribution in [-0.4, -0.2) is 26.1 Å². The van der Waals surface area contributed by atoms with Crippen LogP contribution in [0.25, 0.3) is 17.5 Å². The largest absolute Gasteiger partial charge is 0.323 e. The monoisotopic (exact) mass is 415 g/mol. The molecular formula is C17H14BrN5OS. The standard InChI is InChI=1S/C17H14BrN5OS/c18-15-9-7-14(25-15)8-10-16(24)19-12-3-1-11(2-4-12)17-20-21-22-23(17)13-5-6-13/h1-4,7-10,13H,5-6H2,(H,19,24)/b10-8+. The molecule has 0 radical (unpaired) electrons. The summed E-state index contributed by atoms with van der Waals surface area (Å²) in [7, 11) is 0. The number of amides is 1. The molecule has 1 N–H and O–H groups in total. The van der Waals surface area contributed by atoms with Crippen molar-refractivity contribution in [2.75, 3.05) is 5.32 Å². The fraction of sp³-hybridized carbons (Fsp3) is 0.176. The van der Waals surface area contributed by atoms with Gasteiger partial charge in [-0.15, -0.1) is 16.4 Å². The van der Waals surface area contributed by atoms with Gasteiger partial charge in [0.25, 0.3) is 0 Å². The van der Waals surface area contributed by atoms with Crippen LogP contribution in [0.15, 0.2) is 46.3 Å². The molecule has 0 spiro atoms. The number of hydrogen-bond donors (Lipinski definition) is 1. The fourth-order valence-corrected chi connectivity index (χ4v) is 3.74. The number of carbonyl (C=O) groups is 1. The summed E-state index contributed by atoms with van der Waals surface area (Å²) in [4.78, 5) is 13.0. The van der Waals surface area contributed by atoms with E-state index in [0.29, 0.717) is 6.04 Å². The maximum atomic E-state index is 12.0. The summed E-state index contributed by atoms with van der Waals surface area (Å²) < 4.78 is 2.91. The fourth-order valence-electron chi connectivity index (χ4n) is 2.41. The zero-order valence-electron chi connectivity index (χ0n) is 13.1. The SMILES string of the molecule is O=C(/C=C/c1ccc(Br)s1)Nc1ccc(-c2nnnn2C2CC2)cc1. The molecule has 0 atom stereocenters. The molecule has 3 aromatic rings. The Morgan fingerprint density at radius 1 is 1.24 bits per heavy atom. The lowest BCUT2D eigenvalue weighted by molar-refractivity contribution is -0.111. The number of nitrogens with one attached hydrogen (secondary N) is 1. The van der Waals surface area contributed by atoms with E-state index in [1.165, 1.54) is 6.08 Å². The summed E-state index contributed by atoms with van der Waals surface area (Å²) >= 11 is 4.98. The highest BCUT2D eigenvalue weighted by Crippen LogP contribution is 2.36. The molecule has 1 saturated carbocycles. The van der Waals surface area contributed by atoms with E-state index in [0.717, 1.165) is 38.6 Å². The molecule has 126 valence electrons. The number of benzene rings is 1. The highest BCUT2D eigenvalue weighted by atomic mass is 79.9. The molecule has 2 heterocycles. The Bertz CT molecular complexity index is 927. The second-order valence-corrected chi connectivity index (χ2v) is 8.21. The summed E-state index contributed by atoms with van der Waals surface area (Å²) in [5, 5.41) is 14.8. The predicted molar refractivity (Wildman–Crippen MR) is 101 cm³/mol. The van der Waals surface area contributed by atoms with Crippen molar-refractivity contribution in [2.24, 2.45) is 0 Å². The van der Waals surface area contributed by atoms with Crippen LogP contribution in [0.4, 0.5) is 5.69 Å². The molecule has 2 aromatic heterocycles. The van der Waals surface area contributed by atoms with Crippen LogP contribution in [0, 0.1) is 0 Å². The maximum Gasteiger partial charge on any atom is 0.248 e. The maximum absolute atomic E-state index is 12.0. The molecule has 25 heavy (non-hydrogen) atoms. The summed E-state index contributed by atoms with van der Waals surface area (Å²) in [6.07, 6.45) is 5.57. The highest BCUT2D eigenvalue weighted by Gasteiger charge is 2.28. The van der Waals surface area contributed by atoms with E-state index in [9.17, 15) is 4.79 Å². The second-order valence-electron chi connectivity index (χ2n) is 5.72. The second kappa shape index (κ2) is 6.89. The van der Waals surface area contributed by atoms with Gasteiger partial charge in [-0.1, -0.05) is 0 Å². The molecule has 0 aliphatic heterocycles. The number of rotatable bonds is 5. The molecule has 1 fully saturated rings. The average Bonchev–Trinajstić information content (AvgIpc) is 3.18. The van der Waals surface area contributed by atoms with E-state index in [4.69, 9.17) is 0 Å². The van der Waals surface area contributed by atoms with Crippen molar-refractivity contribution in [2.45, 2.75) is 18.9 Å². The number of hydrogen-bond acceptors (Lipinski definition) is 5. The van der Waals surface area contributed by atoms with Crippen LogP contribution in [0.2, 0.25) is 0 Å². The van der Waals surface area contributed by atoms with Crippen molar-refractivity contribution in [1.29, 1.82) is 0 Å². The first-order chi connectivity index (χ1) is 12.2. The van der Waals surface area contributed by atoms with Crippen LogP contribution in [0.3, 0.4) is 0 Å². The van der Waals surface area contributed by atoms with Gasteiger partial charge in [0, 0.05) is 22.2 Å². The number of aromatic nitrogens is 4. The first-order valence-corrected chi connectivity index (χ1v) is 9.43. The zero-order valence-corrected chi connectivity index (χ0v) is 15.5. The van der Waals surface area contributed by atoms with Gasteiger partial charge in [0.15, 0.2) is 5.82 Å². The molecule has 0 bridgehead atoms. The first-order valence-electron chi connectivity index (χ1n) is 7.82. The third-order valence-electron chi connectivity index (χ3n) is 3.79. The quantitative estimate of drug-likeness (QED) is 0.635. The highest BCUT2D eigenvalue weighted by molar-refractivity contribution is 9.11. The molecule has 0 saturated heterocycles. The van der Waals surface area contributed by atoms with Gasteiger partial charge in [-0.25, -0.2) is 4.68 Å². The van der Waals surface area contributed by atoms with Gasteiger partial charge in [0.05, 0.1) is 9.83 Å². The smallest absolute Gasteiger partial charge is 0.248 e. The van der Waals surface area contributed by atoms with Gasteiger partial charge in [0.2, 0.25) is 5.91 Å². The van der Waals surface area contributed by atoms with Crippen LogP contribution >= 0.6 is 27.3 Å². The minimum Gasteiger partial charge on any atom is -0.323 e. The van der Waals surface area contributed by atoms with Gasteiger partial charge >= 0.3 is 0 Å². The van der Waals surface area contributed by atoms with Gasteiger partial charge in [-0.05, 0) is 81.7 Å². The van der Waals surface area contributed by atoms with E-state index in [2.05, 4.69) is 36.8 Å². The van der Waals surface area contributed by atoms with Gasteiger partial charge in [-0.2, -0.15) is 0 Å². The van der Waals surface area contributed by atoms with Crippen molar-refractivity contribution < 1.29 is 4.79 Å². The Hall–Kier alpha value is -2.32. The van der Waals surface area contributed by atoms with E-state index < -0.39 is 0 Å². The van der Waals surface area contributed by atoms with E-state index in [1.54, 1.807) is 17.4 Å². The lowest BCUT2D eigenvalue weighted by atomic mass is 10.2. The van der Waals surface area contributed by atoms with Crippen LogP contribution in [-0.2, 0) is 4.79 Å². The molecule has 6 nitrogen and oxygen atoms in total. The minimum absolute atomic E-state index is 0.167. The number of tetrazole rings is 1. The summed E-state index contributed by atoms with van der Waals surface area (Å²) in [6.45, 7) is 0. The number of halogens is 1. The lowest BCUT2D eigenvalue weighted by Crippen LogP contribution is -2.07. The van der Waals surface area contributed by atoms with Crippen molar-refractivity contribution >= 4 is 44.9 Å². The van der Waals surface area contributed by atoms with Crippen molar-refractivity contribution in [3.8, 4) is 11.4 Å². The normalized spacial score (nSPS) is 14.1. The molecule has 1 aliphatic carbocycles. The average molecular weight is 416 g/mol. The molecule has 1 aliphatic rings.